The van der Waals surface area contributed by atoms with Crippen molar-refractivity contribution in [3.05, 3.63) is 35.4 Å². The lowest BCUT2D eigenvalue weighted by Crippen LogP contribution is -2.48. The van der Waals surface area contributed by atoms with Gasteiger partial charge >= 0.3 is 5.97 Å². The van der Waals surface area contributed by atoms with Gasteiger partial charge in [0.2, 0.25) is 0 Å². The van der Waals surface area contributed by atoms with Gasteiger partial charge in [0.15, 0.2) is 0 Å². The molecule has 1 fully saturated rings. The summed E-state index contributed by atoms with van der Waals surface area (Å²) >= 11 is 0. The number of carboxylic acids is 1. The van der Waals surface area contributed by atoms with E-state index in [9.17, 15) is 14.7 Å². The van der Waals surface area contributed by atoms with Crippen LogP contribution in [-0.4, -0.2) is 33.3 Å². The number of hydrogen-bond acceptors (Lipinski definition) is 3. The highest BCUT2D eigenvalue weighted by Gasteiger charge is 2.49. The SMILES string of the molecule is CC(CCC1(C)N=C(C2CCCCC2)C(=O)N1[C@H](CCC(C)(C)C)c1ccc(C(=O)O)cc1)C(C)(C)C. The third kappa shape index (κ3) is 7.23. The predicted molar refractivity (Wildman–Crippen MR) is 152 cm³/mol. The number of aliphatic imine (C=N–C) groups is 1. The Kier molecular flexibility index (Phi) is 8.97. The van der Waals surface area contributed by atoms with Crippen molar-refractivity contribution >= 4 is 17.6 Å². The zero-order valence-corrected chi connectivity index (χ0v) is 24.6. The molecule has 3 rings (SSSR count). The third-order valence-corrected chi connectivity index (χ3v) is 8.86. The van der Waals surface area contributed by atoms with E-state index in [-0.39, 0.29) is 34.3 Å². The number of carbonyl (C=O) groups excluding carboxylic acids is 1. The highest BCUT2D eigenvalue weighted by Crippen LogP contribution is 2.44. The molecule has 1 saturated carbocycles. The zero-order chi connectivity index (χ0) is 27.6. The van der Waals surface area contributed by atoms with Crippen LogP contribution in [0.3, 0.4) is 0 Å². The van der Waals surface area contributed by atoms with Crippen molar-refractivity contribution in [3.8, 4) is 0 Å². The van der Waals surface area contributed by atoms with Crippen LogP contribution in [0, 0.1) is 22.7 Å². The molecule has 0 radical (unpaired) electrons. The molecule has 1 amide bonds. The van der Waals surface area contributed by atoms with E-state index < -0.39 is 11.6 Å². The van der Waals surface area contributed by atoms with Crippen LogP contribution in [0.4, 0.5) is 0 Å². The molecule has 0 spiro atoms. The van der Waals surface area contributed by atoms with Crippen LogP contribution < -0.4 is 0 Å². The first-order chi connectivity index (χ1) is 17.1. The lowest BCUT2D eigenvalue weighted by molar-refractivity contribution is -0.131. The van der Waals surface area contributed by atoms with Crippen molar-refractivity contribution < 1.29 is 14.7 Å². The molecule has 1 N–H and O–H groups in total. The Balaban J connectivity index is 2.03. The Morgan fingerprint density at radius 1 is 1.05 bits per heavy atom. The Morgan fingerprint density at radius 2 is 1.65 bits per heavy atom. The molecule has 1 aromatic rings. The van der Waals surface area contributed by atoms with Gasteiger partial charge in [-0.3, -0.25) is 9.79 Å². The van der Waals surface area contributed by atoms with Gasteiger partial charge in [0.1, 0.15) is 11.4 Å². The lowest BCUT2D eigenvalue weighted by atomic mass is 9.78. The monoisotopic (exact) mass is 510 g/mol. The van der Waals surface area contributed by atoms with Gasteiger partial charge in [-0.25, -0.2) is 4.79 Å². The van der Waals surface area contributed by atoms with E-state index in [0.717, 1.165) is 49.8 Å². The quantitative estimate of drug-likeness (QED) is 0.363. The number of carboxylic acid groups (broad SMARTS) is 1. The molecule has 0 aromatic heterocycles. The van der Waals surface area contributed by atoms with Gasteiger partial charge in [-0.1, -0.05) is 79.9 Å². The average Bonchev–Trinajstić information content (AvgIpc) is 3.08. The Labute approximate surface area is 225 Å². The second kappa shape index (κ2) is 11.3. The second-order valence-corrected chi connectivity index (χ2v) is 14.1. The Bertz CT molecular complexity index is 977. The number of rotatable bonds is 9. The molecular weight excluding hydrogens is 460 g/mol. The first kappa shape index (κ1) is 29.4. The van der Waals surface area contributed by atoms with Gasteiger partial charge in [0, 0.05) is 5.92 Å². The van der Waals surface area contributed by atoms with Crippen LogP contribution in [0.2, 0.25) is 0 Å². The molecule has 5 heteroatoms. The fourth-order valence-corrected chi connectivity index (χ4v) is 5.78. The molecule has 1 heterocycles. The highest BCUT2D eigenvalue weighted by atomic mass is 16.4. The van der Waals surface area contributed by atoms with Gasteiger partial charge in [0.25, 0.3) is 5.91 Å². The van der Waals surface area contributed by atoms with E-state index in [1.807, 2.05) is 12.1 Å². The van der Waals surface area contributed by atoms with Crippen molar-refractivity contribution in [3.63, 3.8) is 0 Å². The molecule has 1 aromatic carbocycles. The summed E-state index contributed by atoms with van der Waals surface area (Å²) in [6, 6.07) is 7.00. The van der Waals surface area contributed by atoms with Crippen LogP contribution in [0.1, 0.15) is 135 Å². The van der Waals surface area contributed by atoms with E-state index in [1.54, 1.807) is 12.1 Å². The second-order valence-electron chi connectivity index (χ2n) is 14.1. The van der Waals surface area contributed by atoms with Gasteiger partial charge in [0.05, 0.1) is 11.6 Å². The molecule has 3 atom stereocenters. The minimum Gasteiger partial charge on any atom is -0.478 e. The summed E-state index contributed by atoms with van der Waals surface area (Å²) in [6.07, 6.45) is 9.26. The fraction of sp³-hybridized carbons (Fsp3) is 0.719. The maximum absolute atomic E-state index is 14.3. The number of hydrogen-bond donors (Lipinski definition) is 1. The summed E-state index contributed by atoms with van der Waals surface area (Å²) in [5.74, 6) is -0.0839. The van der Waals surface area contributed by atoms with Crippen molar-refractivity contribution in [1.82, 2.24) is 4.90 Å². The first-order valence-electron chi connectivity index (χ1n) is 14.4. The molecular formula is C32H50N2O3. The third-order valence-electron chi connectivity index (χ3n) is 8.86. The predicted octanol–water partition coefficient (Wildman–Crippen LogP) is 8.29. The van der Waals surface area contributed by atoms with Crippen LogP contribution >= 0.6 is 0 Å². The Morgan fingerprint density at radius 3 is 2.16 bits per heavy atom. The summed E-state index contributed by atoms with van der Waals surface area (Å²) in [7, 11) is 0. The van der Waals surface area contributed by atoms with Gasteiger partial charge in [-0.05, 0) is 79.9 Å². The summed E-state index contributed by atoms with van der Waals surface area (Å²) in [5, 5.41) is 9.44. The van der Waals surface area contributed by atoms with Crippen LogP contribution in [0.5, 0.6) is 0 Å². The molecule has 1 aliphatic carbocycles. The van der Waals surface area contributed by atoms with Crippen molar-refractivity contribution in [1.29, 1.82) is 0 Å². The van der Waals surface area contributed by atoms with E-state index >= 15 is 0 Å². The highest BCUT2D eigenvalue weighted by molar-refractivity contribution is 6.41. The topological polar surface area (TPSA) is 70.0 Å². The minimum absolute atomic E-state index is 0.0963. The summed E-state index contributed by atoms with van der Waals surface area (Å²) in [6.45, 7) is 18.0. The van der Waals surface area contributed by atoms with Crippen molar-refractivity contribution in [2.45, 2.75) is 125 Å². The molecule has 1 aliphatic heterocycles. The first-order valence-corrected chi connectivity index (χ1v) is 14.4. The summed E-state index contributed by atoms with van der Waals surface area (Å²) in [4.78, 5) is 33.2. The minimum atomic E-state index is -0.932. The van der Waals surface area contributed by atoms with E-state index in [0.29, 0.717) is 5.92 Å². The molecule has 37 heavy (non-hydrogen) atoms. The van der Waals surface area contributed by atoms with Crippen LogP contribution in [0.25, 0.3) is 0 Å². The molecule has 5 nitrogen and oxygen atoms in total. The smallest absolute Gasteiger partial charge is 0.335 e. The van der Waals surface area contributed by atoms with E-state index in [1.165, 1.54) is 19.3 Å². The molecule has 206 valence electrons. The number of benzene rings is 1. The molecule has 2 aliphatic rings. The lowest BCUT2D eigenvalue weighted by Gasteiger charge is -2.41. The number of amides is 1. The Hall–Kier alpha value is -2.17. The van der Waals surface area contributed by atoms with Crippen molar-refractivity contribution in [2.75, 3.05) is 0 Å². The van der Waals surface area contributed by atoms with Gasteiger partial charge < -0.3 is 10.0 Å². The van der Waals surface area contributed by atoms with Crippen LogP contribution in [0.15, 0.2) is 29.3 Å². The molecule has 0 saturated heterocycles. The van der Waals surface area contributed by atoms with E-state index in [2.05, 4.69) is 60.3 Å². The van der Waals surface area contributed by atoms with Gasteiger partial charge in [-0.2, -0.15) is 0 Å². The number of aromatic carboxylic acids is 1. The van der Waals surface area contributed by atoms with Crippen LogP contribution in [-0.2, 0) is 4.79 Å². The normalized spacial score (nSPS) is 23.2. The summed E-state index contributed by atoms with van der Waals surface area (Å²) in [5.41, 5.74) is 1.76. The van der Waals surface area contributed by atoms with Crippen molar-refractivity contribution in [2.24, 2.45) is 27.7 Å². The number of nitrogens with zero attached hydrogens (tertiary/aromatic N) is 2. The largest absolute Gasteiger partial charge is 0.478 e. The zero-order valence-electron chi connectivity index (χ0n) is 24.6. The van der Waals surface area contributed by atoms with Gasteiger partial charge in [-0.15, -0.1) is 0 Å². The number of carbonyl (C=O) groups is 2. The maximum atomic E-state index is 14.3. The van der Waals surface area contributed by atoms with E-state index in [4.69, 9.17) is 4.99 Å². The average molecular weight is 511 g/mol. The standard InChI is InChI=1S/C32H50N2O3/c1-22(31(5,6)7)18-21-32(8)33-27(24-12-10-9-11-13-24)28(35)34(32)26(19-20-30(2,3)4)23-14-16-25(17-15-23)29(36)37/h14-17,22,24,26H,9-13,18-21H2,1-8H3,(H,36,37)/t22?,26-,32?/m1/s1. The molecule has 2 unspecified atom stereocenters. The fourth-order valence-electron chi connectivity index (χ4n) is 5.78. The summed E-state index contributed by atoms with van der Waals surface area (Å²) < 4.78 is 0. The molecule has 0 bridgehead atoms. The maximum Gasteiger partial charge on any atom is 0.335 e.